The molecule has 3 aromatic carbocycles. The molecule has 1 heterocycles. The molecule has 9 heteroatoms. The quantitative estimate of drug-likeness (QED) is 0.551. The minimum absolute atomic E-state index is 0.0345. The van der Waals surface area contributed by atoms with Gasteiger partial charge in [0.2, 0.25) is 11.8 Å². The Kier molecular flexibility index (Phi) is 6.65. The van der Waals surface area contributed by atoms with E-state index in [1.807, 2.05) is 6.92 Å². The van der Waals surface area contributed by atoms with Crippen LogP contribution in [0.4, 0.5) is 21.5 Å². The van der Waals surface area contributed by atoms with Crippen LogP contribution in [0.5, 0.6) is 0 Å². The number of hydrogen-bond donors (Lipinski definition) is 1. The lowest BCUT2D eigenvalue weighted by atomic mass is 10.1. The second-order valence-corrected chi connectivity index (χ2v) is 9.86. The van der Waals surface area contributed by atoms with Crippen LogP contribution >= 0.6 is 0 Å². The fourth-order valence-electron chi connectivity index (χ4n) is 3.85. The van der Waals surface area contributed by atoms with Crippen LogP contribution in [-0.4, -0.2) is 33.3 Å². The highest BCUT2D eigenvalue weighted by atomic mass is 32.2. The molecule has 7 nitrogen and oxygen atoms in total. The normalized spacial score (nSPS) is 13.7. The first-order chi connectivity index (χ1) is 16.3. The molecule has 3 aromatic rings. The van der Waals surface area contributed by atoms with E-state index < -0.39 is 28.3 Å². The van der Waals surface area contributed by atoms with Gasteiger partial charge in [-0.1, -0.05) is 24.3 Å². The summed E-state index contributed by atoms with van der Waals surface area (Å²) in [5.74, 6) is -1.08. The van der Waals surface area contributed by atoms with E-state index in [0.717, 1.165) is 46.2 Å². The number of aryl methyl sites for hydroxylation is 1. The van der Waals surface area contributed by atoms with E-state index in [0.29, 0.717) is 24.3 Å². The predicted molar refractivity (Wildman–Crippen MR) is 129 cm³/mol. The van der Waals surface area contributed by atoms with Crippen molar-refractivity contribution < 1.29 is 22.4 Å². The van der Waals surface area contributed by atoms with Crippen molar-refractivity contribution in [1.29, 1.82) is 0 Å². The summed E-state index contributed by atoms with van der Waals surface area (Å²) < 4.78 is 41.0. The molecule has 176 valence electrons. The third-order valence-corrected chi connectivity index (χ3v) is 7.38. The Morgan fingerprint density at radius 3 is 2.41 bits per heavy atom. The summed E-state index contributed by atoms with van der Waals surface area (Å²) in [5, 5.41) is 2.74. The summed E-state index contributed by atoms with van der Waals surface area (Å²) >= 11 is 0. The van der Waals surface area contributed by atoms with Gasteiger partial charge in [-0.3, -0.25) is 13.9 Å². The topological polar surface area (TPSA) is 86.8 Å². The largest absolute Gasteiger partial charge is 0.324 e. The molecule has 0 aromatic heterocycles. The Labute approximate surface area is 197 Å². The van der Waals surface area contributed by atoms with E-state index in [1.54, 1.807) is 53.4 Å². The average Bonchev–Trinajstić information content (AvgIpc) is 3.25. The standard InChI is InChI=1S/C25H24FN3O4S/c1-18-9-12-20(16-23(18)28-15-5-8-25(28)31)27-24(30)17-29(21-6-3-2-4-7-21)34(32,33)22-13-10-19(26)11-14-22/h2-4,6-7,9-14,16H,5,8,15,17H2,1H3,(H,27,30). The van der Waals surface area contributed by atoms with Gasteiger partial charge in [0.25, 0.3) is 10.0 Å². The molecule has 0 aliphatic carbocycles. The fourth-order valence-corrected chi connectivity index (χ4v) is 5.28. The van der Waals surface area contributed by atoms with Crippen LogP contribution in [0, 0.1) is 12.7 Å². The molecule has 0 unspecified atom stereocenters. The van der Waals surface area contributed by atoms with Gasteiger partial charge in [-0.2, -0.15) is 0 Å². The Morgan fingerprint density at radius 1 is 1.06 bits per heavy atom. The molecule has 34 heavy (non-hydrogen) atoms. The molecule has 2 amide bonds. The number of nitrogens with zero attached hydrogens (tertiary/aromatic N) is 2. The molecular weight excluding hydrogens is 457 g/mol. The van der Waals surface area contributed by atoms with Gasteiger partial charge in [-0.15, -0.1) is 0 Å². The van der Waals surface area contributed by atoms with Crippen molar-refractivity contribution in [3.05, 3.63) is 84.2 Å². The van der Waals surface area contributed by atoms with Crippen molar-refractivity contribution in [3.63, 3.8) is 0 Å². The molecular formula is C25H24FN3O4S. The van der Waals surface area contributed by atoms with Crippen LogP contribution in [0.2, 0.25) is 0 Å². The van der Waals surface area contributed by atoms with Crippen LogP contribution in [0.15, 0.2) is 77.7 Å². The minimum Gasteiger partial charge on any atom is -0.324 e. The average molecular weight is 482 g/mol. The number of halogens is 1. The number of carbonyl (C=O) groups excluding carboxylic acids is 2. The monoisotopic (exact) mass is 481 g/mol. The highest BCUT2D eigenvalue weighted by molar-refractivity contribution is 7.92. The SMILES string of the molecule is Cc1ccc(NC(=O)CN(c2ccccc2)S(=O)(=O)c2ccc(F)cc2)cc1N1CCCC1=O. The zero-order chi connectivity index (χ0) is 24.3. The minimum atomic E-state index is -4.14. The number of benzene rings is 3. The Balaban J connectivity index is 1.60. The molecule has 0 atom stereocenters. The Hall–Kier alpha value is -3.72. The number of para-hydroxylation sites is 1. The zero-order valence-corrected chi connectivity index (χ0v) is 19.4. The molecule has 1 saturated heterocycles. The summed E-state index contributed by atoms with van der Waals surface area (Å²) in [6.07, 6.45) is 1.27. The van der Waals surface area contributed by atoms with Crippen molar-refractivity contribution >= 4 is 38.9 Å². The number of anilines is 3. The van der Waals surface area contributed by atoms with Crippen LogP contribution in [0.25, 0.3) is 0 Å². The van der Waals surface area contributed by atoms with E-state index in [1.165, 1.54) is 0 Å². The van der Waals surface area contributed by atoms with Gasteiger partial charge in [-0.05, 0) is 67.4 Å². The first-order valence-electron chi connectivity index (χ1n) is 10.8. The van der Waals surface area contributed by atoms with E-state index in [2.05, 4.69) is 5.32 Å². The molecule has 0 bridgehead atoms. The lowest BCUT2D eigenvalue weighted by Crippen LogP contribution is -2.38. The fraction of sp³-hybridized carbons (Fsp3) is 0.200. The lowest BCUT2D eigenvalue weighted by molar-refractivity contribution is -0.117. The maximum Gasteiger partial charge on any atom is 0.264 e. The van der Waals surface area contributed by atoms with Crippen molar-refractivity contribution in [2.24, 2.45) is 0 Å². The smallest absolute Gasteiger partial charge is 0.264 e. The molecule has 0 radical (unpaired) electrons. The summed E-state index contributed by atoms with van der Waals surface area (Å²) in [5.41, 5.74) is 2.38. The maximum absolute atomic E-state index is 13.4. The number of sulfonamides is 1. The zero-order valence-electron chi connectivity index (χ0n) is 18.6. The molecule has 1 fully saturated rings. The lowest BCUT2D eigenvalue weighted by Gasteiger charge is -2.24. The van der Waals surface area contributed by atoms with E-state index in [9.17, 15) is 22.4 Å². The molecule has 1 aliphatic rings. The highest BCUT2D eigenvalue weighted by Gasteiger charge is 2.28. The van der Waals surface area contributed by atoms with E-state index in [4.69, 9.17) is 0 Å². The molecule has 1 N–H and O–H groups in total. The van der Waals surface area contributed by atoms with Gasteiger partial charge < -0.3 is 10.2 Å². The van der Waals surface area contributed by atoms with Gasteiger partial charge in [0.15, 0.2) is 0 Å². The van der Waals surface area contributed by atoms with Crippen LogP contribution in [0.1, 0.15) is 18.4 Å². The van der Waals surface area contributed by atoms with Crippen molar-refractivity contribution in [1.82, 2.24) is 0 Å². The van der Waals surface area contributed by atoms with Gasteiger partial charge in [0.1, 0.15) is 12.4 Å². The van der Waals surface area contributed by atoms with E-state index >= 15 is 0 Å². The first kappa shape index (κ1) is 23.4. The summed E-state index contributed by atoms with van der Waals surface area (Å²) in [6.45, 7) is 2.02. The number of rotatable bonds is 7. The second kappa shape index (κ2) is 9.64. The molecule has 1 aliphatic heterocycles. The number of nitrogens with one attached hydrogen (secondary N) is 1. The number of hydrogen-bond acceptors (Lipinski definition) is 4. The summed E-state index contributed by atoms with van der Waals surface area (Å²) in [4.78, 5) is 26.7. The highest BCUT2D eigenvalue weighted by Crippen LogP contribution is 2.29. The Bertz CT molecular complexity index is 1310. The summed E-state index contributed by atoms with van der Waals surface area (Å²) in [7, 11) is -4.14. The second-order valence-electron chi connectivity index (χ2n) is 8.00. The molecule has 0 spiro atoms. The maximum atomic E-state index is 13.4. The third-order valence-electron chi connectivity index (χ3n) is 5.59. The summed E-state index contributed by atoms with van der Waals surface area (Å²) in [6, 6.07) is 17.9. The van der Waals surface area contributed by atoms with Crippen molar-refractivity contribution in [2.45, 2.75) is 24.7 Å². The Morgan fingerprint density at radius 2 is 1.76 bits per heavy atom. The third kappa shape index (κ3) is 4.94. The predicted octanol–water partition coefficient (Wildman–Crippen LogP) is 4.09. The number of carbonyl (C=O) groups is 2. The van der Waals surface area contributed by atoms with Gasteiger partial charge in [-0.25, -0.2) is 12.8 Å². The van der Waals surface area contributed by atoms with Crippen molar-refractivity contribution in [2.75, 3.05) is 27.6 Å². The molecule has 4 rings (SSSR count). The van der Waals surface area contributed by atoms with Crippen LogP contribution in [-0.2, 0) is 19.6 Å². The molecule has 0 saturated carbocycles. The first-order valence-corrected chi connectivity index (χ1v) is 12.2. The van der Waals surface area contributed by atoms with Crippen LogP contribution in [0.3, 0.4) is 0 Å². The number of amides is 2. The van der Waals surface area contributed by atoms with Gasteiger partial charge in [0.05, 0.1) is 10.6 Å². The van der Waals surface area contributed by atoms with E-state index in [-0.39, 0.29) is 10.8 Å². The van der Waals surface area contributed by atoms with Crippen LogP contribution < -0.4 is 14.5 Å². The van der Waals surface area contributed by atoms with Gasteiger partial charge >= 0.3 is 0 Å². The van der Waals surface area contributed by atoms with Crippen molar-refractivity contribution in [3.8, 4) is 0 Å². The van der Waals surface area contributed by atoms with Gasteiger partial charge in [0, 0.05) is 24.3 Å².